The molecule has 142 valence electrons. The van der Waals surface area contributed by atoms with Crippen LogP contribution in [0, 0.1) is 0 Å². The van der Waals surface area contributed by atoms with Crippen molar-refractivity contribution in [2.45, 2.75) is 50.2 Å². The van der Waals surface area contributed by atoms with Crippen molar-refractivity contribution in [2.75, 3.05) is 20.1 Å². The summed E-state index contributed by atoms with van der Waals surface area (Å²) in [6.45, 7) is 6.81. The zero-order valence-electron chi connectivity index (χ0n) is 15.6. The van der Waals surface area contributed by atoms with Crippen molar-refractivity contribution in [3.05, 3.63) is 29.8 Å². The predicted octanol–water partition coefficient (Wildman–Crippen LogP) is 2.47. The molecule has 26 heavy (non-hydrogen) atoms. The van der Waals surface area contributed by atoms with E-state index in [1.807, 2.05) is 31.7 Å². The summed E-state index contributed by atoms with van der Waals surface area (Å²) in [4.78, 5) is 16.1. The Balaban J connectivity index is 1.67. The molecule has 0 aliphatic carbocycles. The number of rotatable bonds is 1. The van der Waals surface area contributed by atoms with Gasteiger partial charge in [-0.25, -0.2) is 4.79 Å². The number of sulfonamides is 1. The number of hydrogen-bond donors (Lipinski definition) is 0. The number of amidine groups is 1. The molecule has 1 fully saturated rings. The number of carbonyl (C=O) groups is 1. The Bertz CT molecular complexity index is 834. The summed E-state index contributed by atoms with van der Waals surface area (Å²) in [5, 5.41) is 0. The second-order valence-corrected chi connectivity index (χ2v) is 9.27. The summed E-state index contributed by atoms with van der Waals surface area (Å²) < 4.78 is 33.8. The van der Waals surface area contributed by atoms with E-state index in [1.165, 1.54) is 0 Å². The van der Waals surface area contributed by atoms with Gasteiger partial charge in [-0.15, -0.1) is 4.40 Å². The summed E-state index contributed by atoms with van der Waals surface area (Å²) in [6, 6.07) is 6.96. The lowest BCUT2D eigenvalue weighted by Crippen LogP contribution is -2.48. The Morgan fingerprint density at radius 3 is 2.46 bits per heavy atom. The molecule has 0 spiro atoms. The van der Waals surface area contributed by atoms with Crippen molar-refractivity contribution in [1.29, 1.82) is 0 Å². The quantitative estimate of drug-likeness (QED) is 0.749. The number of hydrogen-bond acceptors (Lipinski definition) is 5. The number of amides is 1. The first kappa shape index (κ1) is 18.7. The third kappa shape index (κ3) is 3.70. The van der Waals surface area contributed by atoms with Crippen LogP contribution in [0.1, 0.15) is 39.2 Å². The largest absolute Gasteiger partial charge is 0.444 e. The molecule has 0 N–H and O–H groups in total. The molecular formula is C18H25N3O4S. The van der Waals surface area contributed by atoms with Crippen LogP contribution in [0.3, 0.4) is 0 Å². The van der Waals surface area contributed by atoms with Crippen LogP contribution >= 0.6 is 0 Å². The highest BCUT2D eigenvalue weighted by Gasteiger charge is 2.35. The molecular weight excluding hydrogens is 354 g/mol. The fourth-order valence-electron chi connectivity index (χ4n) is 3.26. The first-order valence-corrected chi connectivity index (χ1v) is 10.2. The van der Waals surface area contributed by atoms with Crippen LogP contribution in [0.5, 0.6) is 0 Å². The fraction of sp³-hybridized carbons (Fsp3) is 0.556. The van der Waals surface area contributed by atoms with E-state index in [4.69, 9.17) is 4.74 Å². The van der Waals surface area contributed by atoms with Crippen molar-refractivity contribution in [2.24, 2.45) is 4.40 Å². The Labute approximate surface area is 154 Å². The van der Waals surface area contributed by atoms with Crippen LogP contribution in [0.4, 0.5) is 4.79 Å². The smallest absolute Gasteiger partial charge is 0.410 e. The first-order chi connectivity index (χ1) is 12.1. The molecule has 1 amide bonds. The molecule has 1 aromatic carbocycles. The highest BCUT2D eigenvalue weighted by molar-refractivity contribution is 7.90. The lowest BCUT2D eigenvalue weighted by molar-refractivity contribution is 0.0175. The summed E-state index contributed by atoms with van der Waals surface area (Å²) in [7, 11) is -1.85. The van der Waals surface area contributed by atoms with Crippen LogP contribution in [0.25, 0.3) is 0 Å². The van der Waals surface area contributed by atoms with Crippen molar-refractivity contribution in [3.63, 3.8) is 0 Å². The van der Waals surface area contributed by atoms with E-state index in [9.17, 15) is 13.2 Å². The monoisotopic (exact) mass is 379 g/mol. The minimum absolute atomic E-state index is 0.0648. The van der Waals surface area contributed by atoms with Gasteiger partial charge in [0.25, 0.3) is 10.0 Å². The first-order valence-electron chi connectivity index (χ1n) is 8.73. The number of fused-ring (bicyclic) bond motifs is 1. The standard InChI is InChI=1S/C18H25N3O4S/c1-18(2,3)25-17(22)20(4)13-9-11-21(12-10-13)16-14-7-5-6-8-15(14)26(23,24)19-16/h5-8,13H,9-12H2,1-4H3. The van der Waals surface area contributed by atoms with Crippen molar-refractivity contribution in [3.8, 4) is 0 Å². The molecule has 7 nitrogen and oxygen atoms in total. The zero-order chi connectivity index (χ0) is 19.1. The minimum Gasteiger partial charge on any atom is -0.444 e. The minimum atomic E-state index is -3.61. The third-order valence-electron chi connectivity index (χ3n) is 4.61. The average molecular weight is 379 g/mol. The Hall–Kier alpha value is -2.09. The van der Waals surface area contributed by atoms with E-state index < -0.39 is 15.6 Å². The lowest BCUT2D eigenvalue weighted by atomic mass is 10.0. The summed E-state index contributed by atoms with van der Waals surface area (Å²) in [5.41, 5.74) is 0.134. The van der Waals surface area contributed by atoms with Gasteiger partial charge < -0.3 is 14.5 Å². The summed E-state index contributed by atoms with van der Waals surface area (Å²) >= 11 is 0. The normalized spacial score (nSPS) is 19.7. The second kappa shape index (κ2) is 6.57. The molecule has 3 rings (SSSR count). The van der Waals surface area contributed by atoms with Gasteiger partial charge in [0.05, 0.1) is 0 Å². The Morgan fingerprint density at radius 1 is 1.23 bits per heavy atom. The third-order valence-corrected chi connectivity index (χ3v) is 5.93. The molecule has 0 aromatic heterocycles. The molecule has 2 heterocycles. The molecule has 0 bridgehead atoms. The van der Waals surface area contributed by atoms with E-state index in [0.717, 1.165) is 12.8 Å². The van der Waals surface area contributed by atoms with Gasteiger partial charge >= 0.3 is 6.09 Å². The van der Waals surface area contributed by atoms with Crippen LogP contribution in [0.15, 0.2) is 33.6 Å². The molecule has 2 aliphatic rings. The fourth-order valence-corrected chi connectivity index (χ4v) is 4.49. The number of likely N-dealkylation sites (tertiary alicyclic amines) is 1. The van der Waals surface area contributed by atoms with E-state index in [0.29, 0.717) is 24.5 Å². The molecule has 0 atom stereocenters. The summed E-state index contributed by atoms with van der Waals surface area (Å²) in [5.74, 6) is 0.513. The van der Waals surface area contributed by atoms with Gasteiger partial charge in [0, 0.05) is 31.7 Å². The predicted molar refractivity (Wildman–Crippen MR) is 98.8 cm³/mol. The van der Waals surface area contributed by atoms with Gasteiger partial charge in [0.1, 0.15) is 10.5 Å². The average Bonchev–Trinajstić information content (AvgIpc) is 2.85. The number of carbonyl (C=O) groups excluding carboxylic acids is 1. The van der Waals surface area contributed by atoms with E-state index in [-0.39, 0.29) is 17.0 Å². The van der Waals surface area contributed by atoms with Gasteiger partial charge in [0.2, 0.25) is 0 Å². The van der Waals surface area contributed by atoms with Gasteiger partial charge in [0.15, 0.2) is 5.84 Å². The van der Waals surface area contributed by atoms with E-state index in [2.05, 4.69) is 4.40 Å². The van der Waals surface area contributed by atoms with Gasteiger partial charge in [-0.05, 0) is 45.7 Å². The lowest BCUT2D eigenvalue weighted by Gasteiger charge is -2.38. The van der Waals surface area contributed by atoms with Gasteiger partial charge in [-0.1, -0.05) is 12.1 Å². The molecule has 8 heteroatoms. The molecule has 1 aromatic rings. The number of ether oxygens (including phenoxy) is 1. The van der Waals surface area contributed by atoms with E-state index >= 15 is 0 Å². The topological polar surface area (TPSA) is 79.3 Å². The zero-order valence-corrected chi connectivity index (χ0v) is 16.4. The molecule has 0 unspecified atom stereocenters. The Morgan fingerprint density at radius 2 is 1.85 bits per heavy atom. The number of nitrogens with zero attached hydrogens (tertiary/aromatic N) is 3. The van der Waals surface area contributed by atoms with Crippen molar-refractivity contribution >= 4 is 22.0 Å². The molecule has 0 radical (unpaired) electrons. The molecule has 0 saturated carbocycles. The highest BCUT2D eigenvalue weighted by atomic mass is 32.2. The maximum atomic E-state index is 12.2. The van der Waals surface area contributed by atoms with Crippen molar-refractivity contribution in [1.82, 2.24) is 9.80 Å². The second-order valence-electron chi connectivity index (χ2n) is 7.70. The maximum absolute atomic E-state index is 12.2. The Kier molecular flexibility index (Phi) is 4.72. The van der Waals surface area contributed by atoms with Crippen LogP contribution < -0.4 is 0 Å². The maximum Gasteiger partial charge on any atom is 0.410 e. The molecule has 2 aliphatic heterocycles. The summed E-state index contributed by atoms with van der Waals surface area (Å²) in [6.07, 6.45) is 1.13. The molecule has 1 saturated heterocycles. The van der Waals surface area contributed by atoms with Gasteiger partial charge in [-0.2, -0.15) is 8.42 Å². The number of piperidine rings is 1. The van der Waals surface area contributed by atoms with Crippen molar-refractivity contribution < 1.29 is 17.9 Å². The SMILES string of the molecule is CN(C(=O)OC(C)(C)C)C1CCN(C2=NS(=O)(=O)c3ccccc32)CC1. The highest BCUT2D eigenvalue weighted by Crippen LogP contribution is 2.29. The van der Waals surface area contributed by atoms with Crippen LogP contribution in [-0.4, -0.2) is 61.9 Å². The van der Waals surface area contributed by atoms with Gasteiger partial charge in [-0.3, -0.25) is 0 Å². The number of benzene rings is 1. The van der Waals surface area contributed by atoms with Crippen LogP contribution in [-0.2, 0) is 14.8 Å². The van der Waals surface area contributed by atoms with E-state index in [1.54, 1.807) is 30.1 Å². The van der Waals surface area contributed by atoms with Crippen LogP contribution in [0.2, 0.25) is 0 Å².